The standard InChI is InChI=1S/C12H15N3/c1-9-7-8-13-12(14-9)15-10-3-2-4-11(15)6-5-10/h2-3,7-8,10-11H,4-6H2,1H3. The summed E-state index contributed by atoms with van der Waals surface area (Å²) in [6.45, 7) is 2.02. The molecule has 0 radical (unpaired) electrons. The van der Waals surface area contributed by atoms with Crippen LogP contribution in [-0.4, -0.2) is 22.1 Å². The highest BCUT2D eigenvalue weighted by atomic mass is 15.3. The average Bonchev–Trinajstić information content (AvgIpc) is 2.49. The second-order valence-electron chi connectivity index (χ2n) is 4.37. The van der Waals surface area contributed by atoms with Crippen LogP contribution in [0, 0.1) is 6.92 Å². The van der Waals surface area contributed by atoms with Gasteiger partial charge in [0.2, 0.25) is 5.95 Å². The maximum absolute atomic E-state index is 4.52. The van der Waals surface area contributed by atoms with E-state index in [1.54, 1.807) is 0 Å². The van der Waals surface area contributed by atoms with Crippen molar-refractivity contribution < 1.29 is 0 Å². The topological polar surface area (TPSA) is 29.0 Å². The molecule has 3 heterocycles. The highest BCUT2D eigenvalue weighted by Crippen LogP contribution is 2.33. The van der Waals surface area contributed by atoms with E-state index in [9.17, 15) is 0 Å². The molecule has 2 aliphatic heterocycles. The second kappa shape index (κ2) is 3.33. The maximum atomic E-state index is 4.52. The van der Waals surface area contributed by atoms with E-state index >= 15 is 0 Å². The minimum absolute atomic E-state index is 0.533. The van der Waals surface area contributed by atoms with E-state index in [2.05, 4.69) is 27.0 Å². The predicted molar refractivity (Wildman–Crippen MR) is 59.8 cm³/mol. The molecule has 3 heteroatoms. The van der Waals surface area contributed by atoms with Gasteiger partial charge in [-0.3, -0.25) is 0 Å². The third kappa shape index (κ3) is 1.42. The summed E-state index contributed by atoms with van der Waals surface area (Å²) in [6.07, 6.45) is 10.1. The summed E-state index contributed by atoms with van der Waals surface area (Å²) in [5.74, 6) is 0.909. The number of nitrogens with zero attached hydrogens (tertiary/aromatic N) is 3. The van der Waals surface area contributed by atoms with E-state index in [1.165, 1.54) is 12.8 Å². The van der Waals surface area contributed by atoms with E-state index in [-0.39, 0.29) is 0 Å². The number of rotatable bonds is 1. The first-order valence-corrected chi connectivity index (χ1v) is 5.59. The van der Waals surface area contributed by atoms with Crippen LogP contribution in [-0.2, 0) is 0 Å². The van der Waals surface area contributed by atoms with Crippen LogP contribution in [0.15, 0.2) is 24.4 Å². The fourth-order valence-corrected chi connectivity index (χ4v) is 2.60. The molecule has 1 aromatic rings. The SMILES string of the molecule is Cc1ccnc(N2C3C=CCC2CC3)n1. The van der Waals surface area contributed by atoms with Crippen molar-refractivity contribution in [3.8, 4) is 0 Å². The molecular weight excluding hydrogens is 186 g/mol. The minimum atomic E-state index is 0.533. The van der Waals surface area contributed by atoms with Gasteiger partial charge in [0, 0.05) is 17.9 Å². The van der Waals surface area contributed by atoms with E-state index in [0.29, 0.717) is 12.1 Å². The van der Waals surface area contributed by atoms with Crippen LogP contribution in [0.4, 0.5) is 5.95 Å². The van der Waals surface area contributed by atoms with Crippen LogP contribution >= 0.6 is 0 Å². The molecule has 3 rings (SSSR count). The van der Waals surface area contributed by atoms with Crippen molar-refractivity contribution in [1.29, 1.82) is 0 Å². The normalized spacial score (nSPS) is 28.5. The Hall–Kier alpha value is -1.38. The van der Waals surface area contributed by atoms with Gasteiger partial charge in [-0.1, -0.05) is 12.2 Å². The molecule has 2 atom stereocenters. The van der Waals surface area contributed by atoms with Gasteiger partial charge in [0.1, 0.15) is 0 Å². The number of aromatic nitrogens is 2. The molecule has 0 amide bonds. The Morgan fingerprint density at radius 1 is 1.40 bits per heavy atom. The Morgan fingerprint density at radius 2 is 2.33 bits per heavy atom. The van der Waals surface area contributed by atoms with E-state index in [4.69, 9.17) is 0 Å². The summed E-state index contributed by atoms with van der Waals surface area (Å²) in [5, 5.41) is 0. The maximum Gasteiger partial charge on any atom is 0.226 e. The molecule has 0 aromatic carbocycles. The molecule has 1 aromatic heterocycles. The highest BCUT2D eigenvalue weighted by Gasteiger charge is 2.35. The summed E-state index contributed by atoms with van der Waals surface area (Å²) in [6, 6.07) is 3.11. The Bertz CT molecular complexity index is 400. The van der Waals surface area contributed by atoms with Crippen molar-refractivity contribution in [3.63, 3.8) is 0 Å². The molecular formula is C12H15N3. The lowest BCUT2D eigenvalue weighted by molar-refractivity contribution is 0.631. The van der Waals surface area contributed by atoms with Crippen LogP contribution in [0.1, 0.15) is 25.0 Å². The van der Waals surface area contributed by atoms with Gasteiger partial charge < -0.3 is 4.90 Å². The average molecular weight is 201 g/mol. The van der Waals surface area contributed by atoms with Crippen molar-refractivity contribution in [1.82, 2.24) is 9.97 Å². The number of fused-ring (bicyclic) bond motifs is 2. The Morgan fingerprint density at radius 3 is 3.13 bits per heavy atom. The first kappa shape index (κ1) is 8.89. The Kier molecular flexibility index (Phi) is 1.97. The van der Waals surface area contributed by atoms with E-state index in [0.717, 1.165) is 18.1 Å². The second-order valence-corrected chi connectivity index (χ2v) is 4.37. The third-order valence-corrected chi connectivity index (χ3v) is 3.33. The fourth-order valence-electron chi connectivity index (χ4n) is 2.60. The zero-order valence-corrected chi connectivity index (χ0v) is 8.93. The molecule has 2 bridgehead atoms. The molecule has 2 aliphatic rings. The summed E-state index contributed by atoms with van der Waals surface area (Å²) in [4.78, 5) is 11.3. The lowest BCUT2D eigenvalue weighted by Gasteiger charge is -2.31. The summed E-state index contributed by atoms with van der Waals surface area (Å²) in [7, 11) is 0. The van der Waals surface area contributed by atoms with Gasteiger partial charge in [0.05, 0.1) is 6.04 Å². The number of anilines is 1. The zero-order chi connectivity index (χ0) is 10.3. The molecule has 3 nitrogen and oxygen atoms in total. The lowest BCUT2D eigenvalue weighted by atomic mass is 10.1. The third-order valence-electron chi connectivity index (χ3n) is 3.33. The molecule has 0 spiro atoms. The van der Waals surface area contributed by atoms with Crippen molar-refractivity contribution in [2.24, 2.45) is 0 Å². The summed E-state index contributed by atoms with van der Waals surface area (Å²) >= 11 is 0. The van der Waals surface area contributed by atoms with Gasteiger partial charge in [-0.05, 0) is 32.3 Å². The van der Waals surface area contributed by atoms with Crippen molar-refractivity contribution in [2.45, 2.75) is 38.3 Å². The van der Waals surface area contributed by atoms with Crippen LogP contribution in [0.5, 0.6) is 0 Å². The minimum Gasteiger partial charge on any atom is -0.331 e. The van der Waals surface area contributed by atoms with Gasteiger partial charge >= 0.3 is 0 Å². The van der Waals surface area contributed by atoms with Crippen molar-refractivity contribution >= 4 is 5.95 Å². The largest absolute Gasteiger partial charge is 0.331 e. The summed E-state index contributed by atoms with van der Waals surface area (Å²) < 4.78 is 0. The van der Waals surface area contributed by atoms with Crippen molar-refractivity contribution in [3.05, 3.63) is 30.1 Å². The van der Waals surface area contributed by atoms with Crippen LogP contribution in [0.2, 0.25) is 0 Å². The first-order valence-electron chi connectivity index (χ1n) is 5.59. The molecule has 15 heavy (non-hydrogen) atoms. The van der Waals surface area contributed by atoms with Gasteiger partial charge in [0.25, 0.3) is 0 Å². The molecule has 1 fully saturated rings. The quantitative estimate of drug-likeness (QED) is 0.651. The van der Waals surface area contributed by atoms with Gasteiger partial charge in [0.15, 0.2) is 0 Å². The molecule has 0 saturated carbocycles. The number of hydrogen-bond donors (Lipinski definition) is 0. The van der Waals surface area contributed by atoms with Gasteiger partial charge in [-0.25, -0.2) is 9.97 Å². The Labute approximate surface area is 89.8 Å². The zero-order valence-electron chi connectivity index (χ0n) is 8.93. The molecule has 0 aliphatic carbocycles. The number of hydrogen-bond acceptors (Lipinski definition) is 3. The predicted octanol–water partition coefficient (Wildman–Crippen LogP) is 2.08. The molecule has 2 unspecified atom stereocenters. The van der Waals surface area contributed by atoms with E-state index < -0.39 is 0 Å². The van der Waals surface area contributed by atoms with Gasteiger partial charge in [-0.2, -0.15) is 0 Å². The smallest absolute Gasteiger partial charge is 0.226 e. The van der Waals surface area contributed by atoms with Crippen LogP contribution in [0.25, 0.3) is 0 Å². The monoisotopic (exact) mass is 201 g/mol. The summed E-state index contributed by atoms with van der Waals surface area (Å²) in [5.41, 5.74) is 1.05. The van der Waals surface area contributed by atoms with Crippen molar-refractivity contribution in [2.75, 3.05) is 4.90 Å². The lowest BCUT2D eigenvalue weighted by Crippen LogP contribution is -2.38. The van der Waals surface area contributed by atoms with Gasteiger partial charge in [-0.15, -0.1) is 0 Å². The number of aryl methyl sites for hydroxylation is 1. The molecule has 0 N–H and O–H groups in total. The first-order chi connectivity index (χ1) is 7.34. The Balaban J connectivity index is 1.98. The van der Waals surface area contributed by atoms with E-state index in [1.807, 2.05) is 19.2 Å². The molecule has 78 valence electrons. The highest BCUT2D eigenvalue weighted by molar-refractivity contribution is 5.40. The fraction of sp³-hybridized carbons (Fsp3) is 0.500. The molecule has 1 saturated heterocycles. The van der Waals surface area contributed by atoms with Crippen LogP contribution < -0.4 is 4.90 Å². The van der Waals surface area contributed by atoms with Crippen LogP contribution in [0.3, 0.4) is 0 Å².